The molecular formula is C21H29FN2O6S. The summed E-state index contributed by atoms with van der Waals surface area (Å²) in [6, 6.07) is 4.00. The maximum Gasteiger partial charge on any atom is 0.325 e. The number of urea groups is 1. The molecule has 0 bridgehead atoms. The van der Waals surface area contributed by atoms with Gasteiger partial charge in [0.25, 0.3) is 0 Å². The lowest BCUT2D eigenvalue weighted by Crippen LogP contribution is -2.50. The van der Waals surface area contributed by atoms with Gasteiger partial charge in [-0.2, -0.15) is 0 Å². The third-order valence-corrected chi connectivity index (χ3v) is 7.25. The zero-order valence-electron chi connectivity index (χ0n) is 17.6. The molecule has 3 amide bonds. The van der Waals surface area contributed by atoms with Crippen molar-refractivity contribution in [3.63, 3.8) is 0 Å². The van der Waals surface area contributed by atoms with Gasteiger partial charge in [-0.05, 0) is 48.8 Å². The minimum Gasteiger partial charge on any atom is -0.490 e. The molecule has 1 N–H and O–H groups in total. The van der Waals surface area contributed by atoms with E-state index in [9.17, 15) is 22.4 Å². The predicted octanol–water partition coefficient (Wildman–Crippen LogP) is 2.44. The first-order valence-electron chi connectivity index (χ1n) is 10.5. The first kappa shape index (κ1) is 23.5. The minimum absolute atomic E-state index is 0.00871. The summed E-state index contributed by atoms with van der Waals surface area (Å²) in [7, 11) is -3.34. The third kappa shape index (κ3) is 7.46. The van der Waals surface area contributed by atoms with Gasteiger partial charge in [-0.3, -0.25) is 10.1 Å². The van der Waals surface area contributed by atoms with Crippen LogP contribution in [0.25, 0.3) is 0 Å². The van der Waals surface area contributed by atoms with Crippen LogP contribution in [-0.2, 0) is 19.4 Å². The summed E-state index contributed by atoms with van der Waals surface area (Å²) in [5.41, 5.74) is 0.720. The Bertz CT molecular complexity index is 903. The number of carbonyl (C=O) groups is 2. The number of sulfone groups is 1. The summed E-state index contributed by atoms with van der Waals surface area (Å²) < 4.78 is 49.8. The van der Waals surface area contributed by atoms with Crippen molar-refractivity contribution in [1.82, 2.24) is 10.2 Å². The SMILES string of the molecule is C[C@@H](CS(=O)(=O)CCCOCN1CCC(=O)NC1=O)c1ccc(F)c(OCC2CC2)c1. The van der Waals surface area contributed by atoms with Gasteiger partial charge in [0.1, 0.15) is 6.73 Å². The molecule has 1 heterocycles. The zero-order chi connectivity index (χ0) is 22.4. The van der Waals surface area contributed by atoms with Gasteiger partial charge in [-0.15, -0.1) is 0 Å². The van der Waals surface area contributed by atoms with Crippen LogP contribution in [0.2, 0.25) is 0 Å². The Kier molecular flexibility index (Phi) is 7.88. The molecule has 1 saturated heterocycles. The Morgan fingerprint density at radius 2 is 2.06 bits per heavy atom. The van der Waals surface area contributed by atoms with Crippen LogP contribution in [0, 0.1) is 11.7 Å². The lowest BCUT2D eigenvalue weighted by atomic mass is 10.0. The van der Waals surface area contributed by atoms with Crippen LogP contribution >= 0.6 is 0 Å². The number of carbonyl (C=O) groups excluding carboxylic acids is 2. The van der Waals surface area contributed by atoms with Gasteiger partial charge in [-0.1, -0.05) is 13.0 Å². The summed E-state index contributed by atoms with van der Waals surface area (Å²) >= 11 is 0. The summed E-state index contributed by atoms with van der Waals surface area (Å²) in [6.07, 6.45) is 2.72. The van der Waals surface area contributed by atoms with Crippen LogP contribution < -0.4 is 10.1 Å². The van der Waals surface area contributed by atoms with Crippen LogP contribution in [0.4, 0.5) is 9.18 Å². The van der Waals surface area contributed by atoms with E-state index >= 15 is 0 Å². The molecule has 31 heavy (non-hydrogen) atoms. The molecule has 172 valence electrons. The Labute approximate surface area is 182 Å². The van der Waals surface area contributed by atoms with E-state index in [2.05, 4.69) is 5.32 Å². The number of imide groups is 1. The molecule has 10 heteroatoms. The van der Waals surface area contributed by atoms with E-state index in [4.69, 9.17) is 9.47 Å². The van der Waals surface area contributed by atoms with Crippen molar-refractivity contribution < 1.29 is 31.9 Å². The summed E-state index contributed by atoms with van der Waals surface area (Å²) in [4.78, 5) is 24.0. The Balaban J connectivity index is 1.40. The molecule has 1 atom stereocenters. The molecule has 1 aliphatic carbocycles. The number of ether oxygens (including phenoxy) is 2. The van der Waals surface area contributed by atoms with Gasteiger partial charge in [-0.25, -0.2) is 17.6 Å². The van der Waals surface area contributed by atoms with E-state index in [-0.39, 0.29) is 55.4 Å². The van der Waals surface area contributed by atoms with Crippen molar-refractivity contribution in [2.75, 3.05) is 38.0 Å². The molecule has 0 radical (unpaired) electrons. The van der Waals surface area contributed by atoms with Crippen LogP contribution in [0.3, 0.4) is 0 Å². The van der Waals surface area contributed by atoms with Crippen molar-refractivity contribution in [2.24, 2.45) is 5.92 Å². The normalized spacial score (nSPS) is 18.1. The number of halogens is 1. The van der Waals surface area contributed by atoms with E-state index in [1.165, 1.54) is 11.0 Å². The maximum absolute atomic E-state index is 14.0. The smallest absolute Gasteiger partial charge is 0.325 e. The predicted molar refractivity (Wildman–Crippen MR) is 112 cm³/mol. The number of amides is 3. The minimum atomic E-state index is -3.34. The van der Waals surface area contributed by atoms with E-state index in [1.807, 2.05) is 0 Å². The molecule has 1 aromatic rings. The molecule has 1 aromatic carbocycles. The quantitative estimate of drug-likeness (QED) is 0.485. The Morgan fingerprint density at radius 1 is 1.29 bits per heavy atom. The first-order chi connectivity index (χ1) is 14.7. The Morgan fingerprint density at radius 3 is 2.77 bits per heavy atom. The van der Waals surface area contributed by atoms with Crippen molar-refractivity contribution in [2.45, 2.75) is 38.5 Å². The highest BCUT2D eigenvalue weighted by atomic mass is 32.2. The Hall–Kier alpha value is -2.20. The molecule has 2 aliphatic rings. The third-order valence-electron chi connectivity index (χ3n) is 5.33. The molecule has 1 aliphatic heterocycles. The van der Waals surface area contributed by atoms with Gasteiger partial charge >= 0.3 is 6.03 Å². The van der Waals surface area contributed by atoms with Crippen LogP contribution in [0.5, 0.6) is 5.75 Å². The zero-order valence-corrected chi connectivity index (χ0v) is 18.5. The number of nitrogens with zero attached hydrogens (tertiary/aromatic N) is 1. The van der Waals surface area contributed by atoms with Gasteiger partial charge in [0.15, 0.2) is 21.4 Å². The van der Waals surface area contributed by atoms with Gasteiger partial charge in [0.05, 0.1) is 18.1 Å². The first-order valence-corrected chi connectivity index (χ1v) is 12.3. The monoisotopic (exact) mass is 456 g/mol. The molecule has 8 nitrogen and oxygen atoms in total. The summed E-state index contributed by atoms with van der Waals surface area (Å²) in [5, 5.41) is 2.20. The second-order valence-electron chi connectivity index (χ2n) is 8.22. The lowest BCUT2D eigenvalue weighted by molar-refractivity contribution is -0.122. The molecule has 2 fully saturated rings. The average Bonchev–Trinajstić information content (AvgIpc) is 3.52. The second-order valence-corrected chi connectivity index (χ2v) is 10.4. The highest BCUT2D eigenvalue weighted by molar-refractivity contribution is 7.91. The topological polar surface area (TPSA) is 102 Å². The average molecular weight is 457 g/mol. The van der Waals surface area contributed by atoms with Crippen molar-refractivity contribution in [3.05, 3.63) is 29.6 Å². The largest absolute Gasteiger partial charge is 0.490 e. The lowest BCUT2D eigenvalue weighted by Gasteiger charge is -2.26. The van der Waals surface area contributed by atoms with Crippen LogP contribution in [0.15, 0.2) is 18.2 Å². The number of nitrogens with one attached hydrogen (secondary N) is 1. The molecule has 0 unspecified atom stereocenters. The molecular weight excluding hydrogens is 427 g/mol. The number of hydrogen-bond donors (Lipinski definition) is 1. The molecule has 0 aromatic heterocycles. The molecule has 3 rings (SSSR count). The van der Waals surface area contributed by atoms with Gasteiger partial charge in [0.2, 0.25) is 5.91 Å². The summed E-state index contributed by atoms with van der Waals surface area (Å²) in [5.74, 6) is -0.497. The molecule has 1 saturated carbocycles. The fraction of sp³-hybridized carbons (Fsp3) is 0.619. The van der Waals surface area contributed by atoms with Gasteiger partial charge < -0.3 is 14.4 Å². The van der Waals surface area contributed by atoms with Crippen molar-refractivity contribution in [1.29, 1.82) is 0 Å². The molecule has 0 spiro atoms. The number of rotatable bonds is 12. The van der Waals surface area contributed by atoms with E-state index in [0.29, 0.717) is 18.9 Å². The highest BCUT2D eigenvalue weighted by Gasteiger charge is 2.24. The van der Waals surface area contributed by atoms with Crippen LogP contribution in [-0.4, -0.2) is 63.3 Å². The highest BCUT2D eigenvalue weighted by Crippen LogP contribution is 2.31. The van der Waals surface area contributed by atoms with Crippen molar-refractivity contribution >= 4 is 21.8 Å². The fourth-order valence-electron chi connectivity index (χ4n) is 3.27. The van der Waals surface area contributed by atoms with E-state index < -0.39 is 21.7 Å². The van der Waals surface area contributed by atoms with E-state index in [1.54, 1.807) is 19.1 Å². The van der Waals surface area contributed by atoms with Crippen molar-refractivity contribution in [3.8, 4) is 5.75 Å². The second kappa shape index (κ2) is 10.4. The van der Waals surface area contributed by atoms with Gasteiger partial charge in [0, 0.05) is 19.6 Å². The number of hydrogen-bond acceptors (Lipinski definition) is 6. The van der Waals surface area contributed by atoms with E-state index in [0.717, 1.165) is 18.4 Å². The number of benzene rings is 1. The fourth-order valence-corrected chi connectivity index (χ4v) is 4.95. The summed E-state index contributed by atoms with van der Waals surface area (Å²) in [6.45, 7) is 2.75. The van der Waals surface area contributed by atoms with Crippen LogP contribution in [0.1, 0.15) is 44.1 Å². The maximum atomic E-state index is 14.0. The standard InChI is InChI=1S/C21H29FN2O6S/c1-15(17-5-6-18(22)19(11-17)30-12-16-3-4-16)13-31(27,28)10-2-9-29-14-24-8-7-20(25)23-21(24)26/h5-6,11,15-16H,2-4,7-10,12-14H2,1H3,(H,23,25,26)/t15-/m0/s1.